The first kappa shape index (κ1) is 15.8. The van der Waals surface area contributed by atoms with Crippen LogP contribution in [-0.4, -0.2) is 30.5 Å². The molecule has 1 aromatic rings. The number of carbonyl (C=O) groups excluding carboxylic acids is 1. The van der Waals surface area contributed by atoms with Gasteiger partial charge in [-0.15, -0.1) is 0 Å². The van der Waals surface area contributed by atoms with Crippen molar-refractivity contribution in [2.45, 2.75) is 33.7 Å². The highest BCUT2D eigenvalue weighted by atomic mass is 16.5. The molecule has 21 heavy (non-hydrogen) atoms. The van der Waals surface area contributed by atoms with Gasteiger partial charge in [-0.05, 0) is 29.0 Å². The first-order valence-electron chi connectivity index (χ1n) is 7.59. The smallest absolute Gasteiger partial charge is 0.223 e. The number of likely N-dealkylation sites (tertiary alicyclic amines) is 1. The number of amides is 1. The molecule has 0 saturated carbocycles. The molecule has 0 radical (unpaired) electrons. The maximum atomic E-state index is 12.0. The molecule has 0 spiro atoms. The summed E-state index contributed by atoms with van der Waals surface area (Å²) < 4.78 is 5.73. The predicted octanol–water partition coefficient (Wildman–Crippen LogP) is 2.42. The normalized spacial score (nSPS) is 19.1. The fourth-order valence-electron chi connectivity index (χ4n) is 2.60. The lowest BCUT2D eigenvalue weighted by molar-refractivity contribution is -0.128. The number of rotatable bonds is 5. The van der Waals surface area contributed by atoms with E-state index in [9.17, 15) is 4.79 Å². The van der Waals surface area contributed by atoms with Crippen LogP contribution in [0.25, 0.3) is 0 Å². The minimum Gasteiger partial charge on any atom is -0.492 e. The molecule has 1 aliphatic heterocycles. The van der Waals surface area contributed by atoms with Crippen LogP contribution in [0.1, 0.15) is 32.8 Å². The number of hydrogen-bond donors (Lipinski definition) is 1. The molecule has 116 valence electrons. The Kier molecular flexibility index (Phi) is 4.88. The third-order valence-corrected chi connectivity index (χ3v) is 4.20. The van der Waals surface area contributed by atoms with E-state index in [1.54, 1.807) is 0 Å². The lowest BCUT2D eigenvalue weighted by Crippen LogP contribution is -2.31. The molecule has 1 saturated heterocycles. The monoisotopic (exact) mass is 290 g/mol. The van der Waals surface area contributed by atoms with Gasteiger partial charge in [0.25, 0.3) is 0 Å². The van der Waals surface area contributed by atoms with Crippen molar-refractivity contribution in [2.24, 2.45) is 17.1 Å². The summed E-state index contributed by atoms with van der Waals surface area (Å²) in [5, 5.41) is 0. The Bertz CT molecular complexity index is 494. The number of hydrogen-bond acceptors (Lipinski definition) is 3. The van der Waals surface area contributed by atoms with Crippen molar-refractivity contribution in [2.75, 3.05) is 19.7 Å². The van der Waals surface area contributed by atoms with Crippen LogP contribution in [0, 0.1) is 11.3 Å². The minimum atomic E-state index is 0.181. The molecule has 1 unspecified atom stereocenters. The number of nitrogens with zero attached hydrogens (tertiary/aromatic N) is 1. The Morgan fingerprint density at radius 1 is 1.38 bits per heavy atom. The van der Waals surface area contributed by atoms with E-state index >= 15 is 0 Å². The van der Waals surface area contributed by atoms with Gasteiger partial charge in [-0.3, -0.25) is 4.79 Å². The topological polar surface area (TPSA) is 55.6 Å². The van der Waals surface area contributed by atoms with E-state index in [-0.39, 0.29) is 11.3 Å². The zero-order chi connectivity index (χ0) is 15.5. The first-order valence-corrected chi connectivity index (χ1v) is 7.59. The fourth-order valence-corrected chi connectivity index (χ4v) is 2.60. The van der Waals surface area contributed by atoms with Crippen molar-refractivity contribution in [3.8, 4) is 5.75 Å². The molecule has 1 fully saturated rings. The zero-order valence-electron chi connectivity index (χ0n) is 13.3. The Morgan fingerprint density at radius 2 is 2.14 bits per heavy atom. The summed E-state index contributed by atoms with van der Waals surface area (Å²) in [4.78, 5) is 13.9. The highest BCUT2D eigenvalue weighted by Crippen LogP contribution is 2.34. The van der Waals surface area contributed by atoms with Crippen molar-refractivity contribution >= 4 is 5.91 Å². The molecule has 1 aliphatic rings. The van der Waals surface area contributed by atoms with Crippen molar-refractivity contribution in [3.05, 3.63) is 29.8 Å². The summed E-state index contributed by atoms with van der Waals surface area (Å²) in [5.41, 5.74) is 6.85. The molecule has 4 heteroatoms. The van der Waals surface area contributed by atoms with E-state index in [0.29, 0.717) is 32.0 Å². The Labute approximate surface area is 127 Å². The second-order valence-electron chi connectivity index (χ2n) is 6.81. The number of ether oxygens (including phenoxy) is 1. The summed E-state index contributed by atoms with van der Waals surface area (Å²) >= 11 is 0. The first-order chi connectivity index (χ1) is 9.90. The molecular formula is C17H26N2O2. The molecule has 1 heterocycles. The van der Waals surface area contributed by atoms with Gasteiger partial charge in [0.1, 0.15) is 12.4 Å². The molecule has 2 N–H and O–H groups in total. The van der Waals surface area contributed by atoms with Gasteiger partial charge in [0.15, 0.2) is 0 Å². The highest BCUT2D eigenvalue weighted by molar-refractivity contribution is 5.78. The maximum absolute atomic E-state index is 12.0. The van der Waals surface area contributed by atoms with Crippen LogP contribution < -0.4 is 10.5 Å². The molecule has 0 bridgehead atoms. The van der Waals surface area contributed by atoms with Crippen LogP contribution in [0.5, 0.6) is 5.75 Å². The van der Waals surface area contributed by atoms with Crippen LogP contribution in [0.3, 0.4) is 0 Å². The van der Waals surface area contributed by atoms with Crippen molar-refractivity contribution in [3.63, 3.8) is 0 Å². The average Bonchev–Trinajstić information content (AvgIpc) is 2.81. The van der Waals surface area contributed by atoms with Gasteiger partial charge >= 0.3 is 0 Å². The fraction of sp³-hybridized carbons (Fsp3) is 0.588. The zero-order valence-corrected chi connectivity index (χ0v) is 13.3. The van der Waals surface area contributed by atoms with Gasteiger partial charge in [-0.25, -0.2) is 0 Å². The van der Waals surface area contributed by atoms with Gasteiger partial charge in [0.2, 0.25) is 5.91 Å². The van der Waals surface area contributed by atoms with Gasteiger partial charge in [0.05, 0.1) is 6.54 Å². The van der Waals surface area contributed by atoms with E-state index in [1.165, 1.54) is 0 Å². The predicted molar refractivity (Wildman–Crippen MR) is 84.0 cm³/mol. The lowest BCUT2D eigenvalue weighted by atomic mass is 9.80. The van der Waals surface area contributed by atoms with Gasteiger partial charge in [-0.2, -0.15) is 0 Å². The quantitative estimate of drug-likeness (QED) is 0.906. The van der Waals surface area contributed by atoms with E-state index in [4.69, 9.17) is 10.5 Å². The lowest BCUT2D eigenvalue weighted by Gasteiger charge is -2.26. The van der Waals surface area contributed by atoms with Gasteiger partial charge in [-0.1, -0.05) is 32.9 Å². The van der Waals surface area contributed by atoms with Crippen LogP contribution in [0.4, 0.5) is 0 Å². The SMILES string of the molecule is CC(C)(C)C1CC(=O)N(CCOc2cccc(CN)c2)C1. The largest absolute Gasteiger partial charge is 0.492 e. The summed E-state index contributed by atoms with van der Waals surface area (Å²) in [6.45, 7) is 9.12. The van der Waals surface area contributed by atoms with Crippen molar-refractivity contribution < 1.29 is 9.53 Å². The molecule has 4 nitrogen and oxygen atoms in total. The number of benzene rings is 1. The van der Waals surface area contributed by atoms with Crippen molar-refractivity contribution in [1.29, 1.82) is 0 Å². The second kappa shape index (κ2) is 6.48. The van der Waals surface area contributed by atoms with Crippen molar-refractivity contribution in [1.82, 2.24) is 4.90 Å². The Hall–Kier alpha value is -1.55. The van der Waals surface area contributed by atoms with Crippen LogP contribution in [0.15, 0.2) is 24.3 Å². The highest BCUT2D eigenvalue weighted by Gasteiger charge is 2.36. The Balaban J connectivity index is 1.82. The molecule has 2 rings (SSSR count). The molecule has 1 amide bonds. The summed E-state index contributed by atoms with van der Waals surface area (Å²) in [6.07, 6.45) is 0.659. The third-order valence-electron chi connectivity index (χ3n) is 4.20. The average molecular weight is 290 g/mol. The van der Waals surface area contributed by atoms with E-state index in [2.05, 4.69) is 20.8 Å². The maximum Gasteiger partial charge on any atom is 0.223 e. The second-order valence-corrected chi connectivity index (χ2v) is 6.81. The van der Waals surface area contributed by atoms with E-state index in [1.807, 2.05) is 29.2 Å². The van der Waals surface area contributed by atoms with Crippen LogP contribution in [-0.2, 0) is 11.3 Å². The van der Waals surface area contributed by atoms with Gasteiger partial charge < -0.3 is 15.4 Å². The summed E-state index contributed by atoms with van der Waals surface area (Å²) in [7, 11) is 0. The molecular weight excluding hydrogens is 264 g/mol. The number of carbonyl (C=O) groups is 1. The molecule has 0 aromatic heterocycles. The van der Waals surface area contributed by atoms with Crippen LogP contribution >= 0.6 is 0 Å². The Morgan fingerprint density at radius 3 is 2.76 bits per heavy atom. The molecule has 0 aliphatic carbocycles. The summed E-state index contributed by atoms with van der Waals surface area (Å²) in [6, 6.07) is 7.78. The van der Waals surface area contributed by atoms with Gasteiger partial charge in [0, 0.05) is 19.5 Å². The molecule has 1 atom stereocenters. The van der Waals surface area contributed by atoms with E-state index in [0.717, 1.165) is 17.9 Å². The molecule has 1 aromatic carbocycles. The summed E-state index contributed by atoms with van der Waals surface area (Å²) in [5.74, 6) is 1.50. The minimum absolute atomic E-state index is 0.181. The number of nitrogens with two attached hydrogens (primary N) is 1. The third kappa shape index (κ3) is 4.21. The van der Waals surface area contributed by atoms with Crippen LogP contribution in [0.2, 0.25) is 0 Å². The standard InChI is InChI=1S/C17H26N2O2/c1-17(2,3)14-10-16(20)19(12-14)7-8-21-15-6-4-5-13(9-15)11-18/h4-6,9,14H,7-8,10-12,18H2,1-3H3. The van der Waals surface area contributed by atoms with E-state index < -0.39 is 0 Å².